The highest BCUT2D eigenvalue weighted by Gasteiger charge is 2.29. The number of aromatic nitrogens is 1. The van der Waals surface area contributed by atoms with Gasteiger partial charge in [0, 0.05) is 35.8 Å². The first kappa shape index (κ1) is 25.6. The third-order valence-electron chi connectivity index (χ3n) is 6.84. The maximum Gasteiger partial charge on any atom is 0.410 e. The van der Waals surface area contributed by atoms with Crippen LogP contribution in [0.15, 0.2) is 30.3 Å². The zero-order valence-electron chi connectivity index (χ0n) is 22.1. The Morgan fingerprint density at radius 3 is 2.36 bits per heavy atom. The van der Waals surface area contributed by atoms with E-state index >= 15 is 0 Å². The normalized spacial score (nSPS) is 14.7. The Morgan fingerprint density at radius 1 is 1.08 bits per heavy atom. The summed E-state index contributed by atoms with van der Waals surface area (Å²) in [6.07, 6.45) is 3.10. The van der Waals surface area contributed by atoms with Crippen molar-refractivity contribution in [2.45, 2.75) is 58.5 Å². The van der Waals surface area contributed by atoms with Crippen molar-refractivity contribution in [3.8, 4) is 22.8 Å². The predicted octanol–water partition coefficient (Wildman–Crippen LogP) is 6.34. The number of piperidine rings is 1. The van der Waals surface area contributed by atoms with Gasteiger partial charge >= 0.3 is 6.09 Å². The Hall–Kier alpha value is -3.48. The summed E-state index contributed by atoms with van der Waals surface area (Å²) in [5.74, 6) is 1.69. The molecule has 7 nitrogen and oxygen atoms in total. The molecule has 0 saturated carbocycles. The van der Waals surface area contributed by atoms with E-state index in [0.717, 1.165) is 59.0 Å². The number of aryl methyl sites for hydroxylation is 1. The summed E-state index contributed by atoms with van der Waals surface area (Å²) in [5, 5.41) is 1.15. The number of benzene rings is 2. The van der Waals surface area contributed by atoms with Gasteiger partial charge in [0.25, 0.3) is 0 Å². The van der Waals surface area contributed by atoms with E-state index in [2.05, 4.69) is 24.0 Å². The fourth-order valence-corrected chi connectivity index (χ4v) is 5.09. The first-order valence-corrected chi connectivity index (χ1v) is 12.5. The molecule has 1 saturated heterocycles. The van der Waals surface area contributed by atoms with Crippen LogP contribution in [0, 0.1) is 0 Å². The standard InChI is InChI=1S/C29H36N2O5/c1-7-21-23-15-22(18-10-12-31(13-11-18)28(33)36-29(2,3)4)26(35-6)16-24(23)30-27(21)19-8-9-25(34-5)20(14-19)17-32/h8-9,14-18,30H,7,10-13H2,1-6H3. The molecule has 0 atom stereocenters. The Balaban J connectivity index is 1.67. The summed E-state index contributed by atoms with van der Waals surface area (Å²) in [4.78, 5) is 29.5. The van der Waals surface area contributed by atoms with Crippen LogP contribution in [0.2, 0.25) is 0 Å². The average molecular weight is 493 g/mol. The van der Waals surface area contributed by atoms with E-state index in [1.54, 1.807) is 19.1 Å². The van der Waals surface area contributed by atoms with E-state index < -0.39 is 5.60 Å². The number of nitrogens with one attached hydrogen (secondary N) is 1. The largest absolute Gasteiger partial charge is 0.496 e. The lowest BCUT2D eigenvalue weighted by Crippen LogP contribution is -2.41. The summed E-state index contributed by atoms with van der Waals surface area (Å²) >= 11 is 0. The lowest BCUT2D eigenvalue weighted by Gasteiger charge is -2.34. The fraction of sp³-hybridized carbons (Fsp3) is 0.448. The van der Waals surface area contributed by atoms with Gasteiger partial charge in [0.05, 0.1) is 19.8 Å². The summed E-state index contributed by atoms with van der Waals surface area (Å²) in [6, 6.07) is 9.97. The minimum Gasteiger partial charge on any atom is -0.496 e. The Morgan fingerprint density at radius 2 is 1.78 bits per heavy atom. The van der Waals surface area contributed by atoms with Crippen LogP contribution in [0.1, 0.15) is 67.9 Å². The van der Waals surface area contributed by atoms with E-state index in [9.17, 15) is 9.59 Å². The smallest absolute Gasteiger partial charge is 0.410 e. The molecule has 0 bridgehead atoms. The Labute approximate surface area is 212 Å². The number of amides is 1. The van der Waals surface area contributed by atoms with Gasteiger partial charge in [-0.15, -0.1) is 0 Å². The topological polar surface area (TPSA) is 80.9 Å². The number of methoxy groups -OCH3 is 2. The van der Waals surface area contributed by atoms with Crippen LogP contribution in [0.5, 0.6) is 11.5 Å². The highest BCUT2D eigenvalue weighted by Crippen LogP contribution is 2.40. The number of carbonyl (C=O) groups excluding carboxylic acids is 2. The lowest BCUT2D eigenvalue weighted by atomic mass is 9.87. The van der Waals surface area contributed by atoms with Crippen molar-refractivity contribution in [3.05, 3.63) is 47.0 Å². The van der Waals surface area contributed by atoms with Crippen molar-refractivity contribution in [3.63, 3.8) is 0 Å². The molecule has 7 heteroatoms. The molecule has 0 unspecified atom stereocenters. The third-order valence-corrected chi connectivity index (χ3v) is 6.84. The van der Waals surface area contributed by atoms with Gasteiger partial charge in [0.15, 0.2) is 6.29 Å². The zero-order chi connectivity index (χ0) is 26.0. The Kier molecular flexibility index (Phi) is 7.29. The van der Waals surface area contributed by atoms with Gasteiger partial charge in [-0.2, -0.15) is 0 Å². The van der Waals surface area contributed by atoms with Crippen LogP contribution >= 0.6 is 0 Å². The van der Waals surface area contributed by atoms with Gasteiger partial charge in [-0.05, 0) is 86.9 Å². The second-order valence-corrected chi connectivity index (χ2v) is 10.3. The summed E-state index contributed by atoms with van der Waals surface area (Å²) in [5.41, 5.74) is 5.32. The monoisotopic (exact) mass is 492 g/mol. The minimum absolute atomic E-state index is 0.249. The second kappa shape index (κ2) is 10.2. The van der Waals surface area contributed by atoms with Crippen molar-refractivity contribution >= 4 is 23.3 Å². The van der Waals surface area contributed by atoms with Crippen LogP contribution in [-0.2, 0) is 11.2 Å². The highest BCUT2D eigenvalue weighted by atomic mass is 16.6. The molecule has 2 heterocycles. The van der Waals surface area contributed by atoms with Gasteiger partial charge in [-0.1, -0.05) is 6.92 Å². The number of hydrogen-bond donors (Lipinski definition) is 1. The summed E-state index contributed by atoms with van der Waals surface area (Å²) < 4.78 is 16.7. The molecule has 1 aliphatic rings. The van der Waals surface area contributed by atoms with Crippen LogP contribution in [-0.4, -0.2) is 55.2 Å². The molecule has 1 fully saturated rings. The molecule has 0 spiro atoms. The number of hydrogen-bond acceptors (Lipinski definition) is 5. The fourth-order valence-electron chi connectivity index (χ4n) is 5.09. The van der Waals surface area contributed by atoms with E-state index in [1.807, 2.05) is 39.0 Å². The van der Waals surface area contributed by atoms with E-state index in [1.165, 1.54) is 5.56 Å². The van der Waals surface area contributed by atoms with E-state index in [4.69, 9.17) is 14.2 Å². The molecule has 1 amide bonds. The van der Waals surface area contributed by atoms with Gasteiger partial charge in [-0.3, -0.25) is 4.79 Å². The lowest BCUT2D eigenvalue weighted by molar-refractivity contribution is 0.0204. The number of nitrogens with zero attached hydrogens (tertiary/aromatic N) is 1. The second-order valence-electron chi connectivity index (χ2n) is 10.3. The molecule has 192 valence electrons. The first-order chi connectivity index (χ1) is 17.2. The van der Waals surface area contributed by atoms with Gasteiger partial charge in [0.1, 0.15) is 17.1 Å². The van der Waals surface area contributed by atoms with Crippen molar-refractivity contribution in [2.75, 3.05) is 27.3 Å². The molecule has 3 aromatic rings. The Bertz CT molecular complexity index is 1260. The first-order valence-electron chi connectivity index (χ1n) is 12.5. The molecular formula is C29H36N2O5. The van der Waals surface area contributed by atoms with Crippen LogP contribution < -0.4 is 9.47 Å². The van der Waals surface area contributed by atoms with Gasteiger partial charge in [-0.25, -0.2) is 4.79 Å². The van der Waals surface area contributed by atoms with Crippen molar-refractivity contribution in [1.29, 1.82) is 0 Å². The maximum absolute atomic E-state index is 12.5. The number of rotatable bonds is 6. The third kappa shape index (κ3) is 5.06. The number of fused-ring (bicyclic) bond motifs is 1. The quantitative estimate of drug-likeness (QED) is 0.406. The molecule has 36 heavy (non-hydrogen) atoms. The molecule has 1 aliphatic heterocycles. The van der Waals surface area contributed by atoms with Gasteiger partial charge in [0.2, 0.25) is 0 Å². The van der Waals surface area contributed by atoms with E-state index in [-0.39, 0.29) is 12.0 Å². The molecule has 1 aromatic heterocycles. The number of ether oxygens (including phenoxy) is 3. The number of H-pyrrole nitrogens is 1. The number of aromatic amines is 1. The van der Waals surface area contributed by atoms with E-state index in [0.29, 0.717) is 24.4 Å². The number of likely N-dealkylation sites (tertiary alicyclic amines) is 1. The van der Waals surface area contributed by atoms with Crippen molar-refractivity contribution in [2.24, 2.45) is 0 Å². The van der Waals surface area contributed by atoms with Crippen LogP contribution in [0.25, 0.3) is 22.2 Å². The molecule has 0 aliphatic carbocycles. The van der Waals surface area contributed by atoms with Crippen molar-refractivity contribution in [1.82, 2.24) is 9.88 Å². The van der Waals surface area contributed by atoms with Crippen LogP contribution in [0.3, 0.4) is 0 Å². The molecular weight excluding hydrogens is 456 g/mol. The van der Waals surface area contributed by atoms with Crippen molar-refractivity contribution < 1.29 is 23.8 Å². The SMILES string of the molecule is CCc1c(-c2ccc(OC)c(C=O)c2)[nH]c2cc(OC)c(C3CCN(C(=O)OC(C)(C)C)CC3)cc12. The molecule has 4 rings (SSSR count). The maximum atomic E-state index is 12.5. The zero-order valence-corrected chi connectivity index (χ0v) is 22.1. The number of carbonyl (C=O) groups is 2. The average Bonchev–Trinajstić information content (AvgIpc) is 3.23. The molecule has 0 radical (unpaired) electrons. The number of aldehydes is 1. The minimum atomic E-state index is -0.499. The highest BCUT2D eigenvalue weighted by molar-refractivity contribution is 5.93. The molecule has 2 aromatic carbocycles. The summed E-state index contributed by atoms with van der Waals surface area (Å²) in [7, 11) is 3.26. The molecule has 1 N–H and O–H groups in total. The predicted molar refractivity (Wildman–Crippen MR) is 141 cm³/mol. The summed E-state index contributed by atoms with van der Waals surface area (Å²) in [6.45, 7) is 9.11. The van der Waals surface area contributed by atoms with Crippen LogP contribution in [0.4, 0.5) is 4.79 Å². The van der Waals surface area contributed by atoms with Gasteiger partial charge < -0.3 is 24.1 Å².